The van der Waals surface area contributed by atoms with Gasteiger partial charge in [0.05, 0.1) is 6.61 Å². The Morgan fingerprint density at radius 1 is 1.29 bits per heavy atom. The van der Waals surface area contributed by atoms with Crippen LogP contribution >= 0.6 is 0 Å². The predicted molar refractivity (Wildman–Crippen MR) is 71.3 cm³/mol. The van der Waals surface area contributed by atoms with Crippen LogP contribution in [0.5, 0.6) is 0 Å². The highest BCUT2D eigenvalue weighted by atomic mass is 16.5. The monoisotopic (exact) mass is 240 g/mol. The summed E-state index contributed by atoms with van der Waals surface area (Å²) in [5.41, 5.74) is 0. The van der Waals surface area contributed by atoms with Crippen molar-refractivity contribution in [1.29, 1.82) is 0 Å². The van der Waals surface area contributed by atoms with E-state index in [0.717, 1.165) is 19.1 Å². The van der Waals surface area contributed by atoms with Crippen LogP contribution in [0, 0.1) is 5.92 Å². The van der Waals surface area contributed by atoms with Gasteiger partial charge in [-0.2, -0.15) is 0 Å². The van der Waals surface area contributed by atoms with Crippen molar-refractivity contribution in [3.05, 3.63) is 0 Å². The average molecular weight is 240 g/mol. The zero-order chi connectivity index (χ0) is 12.3. The minimum atomic E-state index is 0.632. The number of hydrogen-bond acceptors (Lipinski definition) is 3. The first kappa shape index (κ1) is 13.3. The molecule has 3 atom stereocenters. The normalized spacial score (nSPS) is 31.6. The van der Waals surface area contributed by atoms with E-state index in [0.29, 0.717) is 18.1 Å². The van der Waals surface area contributed by atoms with Gasteiger partial charge in [0.25, 0.3) is 0 Å². The van der Waals surface area contributed by atoms with E-state index in [1.54, 1.807) is 0 Å². The Labute approximate surface area is 106 Å². The van der Waals surface area contributed by atoms with Gasteiger partial charge in [0, 0.05) is 31.3 Å². The third kappa shape index (κ3) is 3.43. The van der Waals surface area contributed by atoms with Crippen molar-refractivity contribution < 1.29 is 4.74 Å². The smallest absolute Gasteiger partial charge is 0.0509 e. The molecule has 2 fully saturated rings. The molecule has 0 spiro atoms. The summed E-state index contributed by atoms with van der Waals surface area (Å²) in [6, 6.07) is 2.00. The van der Waals surface area contributed by atoms with Crippen molar-refractivity contribution in [3.8, 4) is 0 Å². The molecule has 3 unspecified atom stereocenters. The topological polar surface area (TPSA) is 24.5 Å². The number of nitrogens with zero attached hydrogens (tertiary/aromatic N) is 1. The van der Waals surface area contributed by atoms with Gasteiger partial charge in [-0.15, -0.1) is 0 Å². The first-order valence-electron chi connectivity index (χ1n) is 7.25. The van der Waals surface area contributed by atoms with E-state index in [-0.39, 0.29) is 0 Å². The van der Waals surface area contributed by atoms with Crippen LogP contribution in [-0.2, 0) is 4.74 Å². The van der Waals surface area contributed by atoms with Gasteiger partial charge in [-0.25, -0.2) is 0 Å². The van der Waals surface area contributed by atoms with Gasteiger partial charge in [0.2, 0.25) is 0 Å². The fourth-order valence-electron chi connectivity index (χ4n) is 3.22. The average Bonchev–Trinajstić information content (AvgIpc) is 2.97. The van der Waals surface area contributed by atoms with Crippen LogP contribution < -0.4 is 5.32 Å². The molecule has 100 valence electrons. The molecular weight excluding hydrogens is 212 g/mol. The molecule has 0 radical (unpaired) electrons. The fraction of sp³-hybridized carbons (Fsp3) is 1.00. The molecule has 3 heteroatoms. The van der Waals surface area contributed by atoms with Gasteiger partial charge in [-0.1, -0.05) is 0 Å². The van der Waals surface area contributed by atoms with Crippen LogP contribution in [0.2, 0.25) is 0 Å². The largest absolute Gasteiger partial charge is 0.381 e. The molecule has 0 saturated carbocycles. The molecule has 2 rings (SSSR count). The van der Waals surface area contributed by atoms with Gasteiger partial charge < -0.3 is 10.1 Å². The minimum Gasteiger partial charge on any atom is -0.381 e. The lowest BCUT2D eigenvalue weighted by Crippen LogP contribution is -2.48. The zero-order valence-electron chi connectivity index (χ0n) is 11.6. The van der Waals surface area contributed by atoms with Crippen LogP contribution in [0.15, 0.2) is 0 Å². The van der Waals surface area contributed by atoms with E-state index in [1.165, 1.54) is 32.4 Å². The van der Waals surface area contributed by atoms with Gasteiger partial charge >= 0.3 is 0 Å². The fourth-order valence-corrected chi connectivity index (χ4v) is 3.22. The lowest BCUT2D eigenvalue weighted by molar-refractivity contribution is 0.0950. The summed E-state index contributed by atoms with van der Waals surface area (Å²) in [5, 5.41) is 3.61. The molecular formula is C14H28N2O. The Hall–Kier alpha value is -0.120. The van der Waals surface area contributed by atoms with Crippen LogP contribution in [0.4, 0.5) is 0 Å². The molecule has 1 N–H and O–H groups in total. The molecule has 0 aromatic carbocycles. The van der Waals surface area contributed by atoms with Crippen LogP contribution in [0.1, 0.15) is 40.0 Å². The van der Waals surface area contributed by atoms with Crippen molar-refractivity contribution in [2.45, 2.75) is 58.2 Å². The van der Waals surface area contributed by atoms with Crippen molar-refractivity contribution in [2.75, 3.05) is 26.3 Å². The predicted octanol–water partition coefficient (Wildman–Crippen LogP) is 1.87. The maximum absolute atomic E-state index is 5.54. The summed E-state index contributed by atoms with van der Waals surface area (Å²) in [4.78, 5) is 2.67. The van der Waals surface area contributed by atoms with E-state index in [9.17, 15) is 0 Å². The highest BCUT2D eigenvalue weighted by Gasteiger charge is 2.30. The Morgan fingerprint density at radius 2 is 2.12 bits per heavy atom. The summed E-state index contributed by atoms with van der Waals surface area (Å²) >= 11 is 0. The quantitative estimate of drug-likeness (QED) is 0.794. The molecule has 2 aliphatic rings. The summed E-state index contributed by atoms with van der Waals surface area (Å²) in [6.45, 7) is 11.4. The molecule has 0 bridgehead atoms. The highest BCUT2D eigenvalue weighted by Crippen LogP contribution is 2.23. The van der Waals surface area contributed by atoms with E-state index in [1.807, 2.05) is 0 Å². The van der Waals surface area contributed by atoms with Gasteiger partial charge in [-0.3, -0.25) is 4.90 Å². The van der Waals surface area contributed by atoms with Gasteiger partial charge in [-0.05, 0) is 52.5 Å². The van der Waals surface area contributed by atoms with E-state index in [2.05, 4.69) is 31.0 Å². The molecule has 0 aliphatic carbocycles. The van der Waals surface area contributed by atoms with Crippen molar-refractivity contribution in [1.82, 2.24) is 10.2 Å². The van der Waals surface area contributed by atoms with Crippen molar-refractivity contribution in [2.24, 2.45) is 5.92 Å². The minimum absolute atomic E-state index is 0.632. The Bertz CT molecular complexity index is 220. The maximum atomic E-state index is 5.54. The number of nitrogens with one attached hydrogen (secondary N) is 1. The summed E-state index contributed by atoms with van der Waals surface area (Å²) in [7, 11) is 0. The third-order valence-electron chi connectivity index (χ3n) is 4.43. The van der Waals surface area contributed by atoms with E-state index in [4.69, 9.17) is 4.74 Å². The molecule has 17 heavy (non-hydrogen) atoms. The second-order valence-corrected chi connectivity index (χ2v) is 5.95. The Kier molecular flexibility index (Phi) is 4.83. The van der Waals surface area contributed by atoms with E-state index >= 15 is 0 Å². The second-order valence-electron chi connectivity index (χ2n) is 5.95. The highest BCUT2D eigenvalue weighted by molar-refractivity contribution is 4.85. The summed E-state index contributed by atoms with van der Waals surface area (Å²) in [6.07, 6.45) is 3.93. The van der Waals surface area contributed by atoms with E-state index < -0.39 is 0 Å². The van der Waals surface area contributed by atoms with Crippen molar-refractivity contribution >= 4 is 0 Å². The molecule has 0 amide bonds. The summed E-state index contributed by atoms with van der Waals surface area (Å²) < 4.78 is 5.54. The zero-order valence-corrected chi connectivity index (χ0v) is 11.6. The third-order valence-corrected chi connectivity index (χ3v) is 4.43. The first-order chi connectivity index (χ1) is 8.18. The first-order valence-corrected chi connectivity index (χ1v) is 7.25. The van der Waals surface area contributed by atoms with Crippen molar-refractivity contribution in [3.63, 3.8) is 0 Å². The lowest BCUT2D eigenvalue weighted by atomic mass is 9.97. The molecule has 2 aliphatic heterocycles. The SMILES string of the molecule is CC(C)N(CC1CCCN1)C(C)C1CCOC1. The molecule has 0 aromatic heterocycles. The molecule has 3 nitrogen and oxygen atoms in total. The maximum Gasteiger partial charge on any atom is 0.0509 e. The second kappa shape index (κ2) is 6.17. The number of hydrogen-bond donors (Lipinski definition) is 1. The molecule has 0 aromatic rings. The molecule has 2 heterocycles. The standard InChI is InChI=1S/C14H28N2O/c1-11(2)16(9-14-5-4-7-15-14)12(3)13-6-8-17-10-13/h11-15H,4-10H2,1-3H3. The Balaban J connectivity index is 1.90. The number of ether oxygens (including phenoxy) is 1. The lowest BCUT2D eigenvalue weighted by Gasteiger charge is -2.37. The summed E-state index contributed by atoms with van der Waals surface area (Å²) in [5.74, 6) is 0.735. The van der Waals surface area contributed by atoms with Crippen LogP contribution in [0.3, 0.4) is 0 Å². The Morgan fingerprint density at radius 3 is 2.65 bits per heavy atom. The van der Waals surface area contributed by atoms with Crippen LogP contribution in [0.25, 0.3) is 0 Å². The number of rotatable bonds is 5. The van der Waals surface area contributed by atoms with Crippen LogP contribution in [-0.4, -0.2) is 49.3 Å². The molecule has 2 saturated heterocycles. The van der Waals surface area contributed by atoms with Gasteiger partial charge in [0.1, 0.15) is 0 Å². The van der Waals surface area contributed by atoms with Gasteiger partial charge in [0.15, 0.2) is 0 Å².